The van der Waals surface area contributed by atoms with E-state index in [0.29, 0.717) is 0 Å². The molecule has 0 aliphatic carbocycles. The number of nitrogens with one attached hydrogen (secondary N) is 1. The molecule has 2 rings (SSSR count). The average Bonchev–Trinajstić information content (AvgIpc) is 2.36. The quantitative estimate of drug-likeness (QED) is 0.894. The maximum atomic E-state index is 13.6. The number of carbonyl (C=O) groups is 1. The fourth-order valence-electron chi connectivity index (χ4n) is 1.50. The van der Waals surface area contributed by atoms with Gasteiger partial charge in [-0.1, -0.05) is 6.07 Å². The van der Waals surface area contributed by atoms with Crippen LogP contribution < -0.4 is 5.32 Å². The normalized spacial score (nSPS) is 10.3. The van der Waals surface area contributed by atoms with E-state index in [9.17, 15) is 13.6 Å². The standard InChI is InChI=1S/C13H10F2N2O2/c1-7-5-9(15)11(6-8(7)14)17-12-4-2-3-10(16-12)13(18)19/h2-6H,1H3,(H,16,17)(H,18,19). The highest BCUT2D eigenvalue weighted by Crippen LogP contribution is 2.22. The zero-order valence-electron chi connectivity index (χ0n) is 9.95. The summed E-state index contributed by atoms with van der Waals surface area (Å²) in [7, 11) is 0. The molecule has 6 heteroatoms. The van der Waals surface area contributed by atoms with Crippen LogP contribution in [0, 0.1) is 18.6 Å². The number of aromatic carboxylic acids is 1. The Hall–Kier alpha value is -2.50. The first-order valence-electron chi connectivity index (χ1n) is 5.40. The van der Waals surface area contributed by atoms with Crippen LogP contribution in [0.15, 0.2) is 30.3 Å². The Morgan fingerprint density at radius 1 is 1.26 bits per heavy atom. The summed E-state index contributed by atoms with van der Waals surface area (Å²) in [4.78, 5) is 14.5. The second kappa shape index (κ2) is 5.01. The fraction of sp³-hybridized carbons (Fsp3) is 0.0769. The predicted molar refractivity (Wildman–Crippen MR) is 65.6 cm³/mol. The number of benzene rings is 1. The number of rotatable bonds is 3. The van der Waals surface area contributed by atoms with Gasteiger partial charge in [0, 0.05) is 6.07 Å². The van der Waals surface area contributed by atoms with E-state index in [1.807, 2.05) is 0 Å². The van der Waals surface area contributed by atoms with Gasteiger partial charge in [-0.3, -0.25) is 0 Å². The highest BCUT2D eigenvalue weighted by atomic mass is 19.1. The van der Waals surface area contributed by atoms with Crippen molar-refractivity contribution in [2.45, 2.75) is 6.92 Å². The molecule has 0 atom stereocenters. The minimum Gasteiger partial charge on any atom is -0.477 e. The number of carboxylic acid groups (broad SMARTS) is 1. The van der Waals surface area contributed by atoms with Crippen molar-refractivity contribution in [2.75, 3.05) is 5.32 Å². The Labute approximate surface area is 107 Å². The van der Waals surface area contributed by atoms with Gasteiger partial charge in [0.2, 0.25) is 0 Å². The highest BCUT2D eigenvalue weighted by molar-refractivity contribution is 5.85. The van der Waals surface area contributed by atoms with Crippen molar-refractivity contribution in [1.82, 2.24) is 4.98 Å². The molecule has 0 spiro atoms. The summed E-state index contributed by atoms with van der Waals surface area (Å²) < 4.78 is 27.0. The molecule has 1 aromatic heterocycles. The number of carboxylic acids is 1. The van der Waals surface area contributed by atoms with E-state index in [4.69, 9.17) is 5.11 Å². The van der Waals surface area contributed by atoms with Crippen molar-refractivity contribution in [3.63, 3.8) is 0 Å². The second-order valence-electron chi connectivity index (χ2n) is 3.92. The average molecular weight is 264 g/mol. The number of halogens is 2. The topological polar surface area (TPSA) is 62.2 Å². The van der Waals surface area contributed by atoms with Gasteiger partial charge in [0.15, 0.2) is 5.69 Å². The van der Waals surface area contributed by atoms with Gasteiger partial charge >= 0.3 is 5.97 Å². The molecule has 0 bridgehead atoms. The summed E-state index contributed by atoms with van der Waals surface area (Å²) in [6.07, 6.45) is 0. The van der Waals surface area contributed by atoms with Crippen LogP contribution in [-0.2, 0) is 0 Å². The molecule has 0 aliphatic heterocycles. The van der Waals surface area contributed by atoms with Gasteiger partial charge in [0.1, 0.15) is 17.5 Å². The van der Waals surface area contributed by atoms with Crippen molar-refractivity contribution < 1.29 is 18.7 Å². The molecule has 4 nitrogen and oxygen atoms in total. The summed E-state index contributed by atoms with van der Waals surface area (Å²) in [6, 6.07) is 6.28. The van der Waals surface area contributed by atoms with Crippen LogP contribution in [0.25, 0.3) is 0 Å². The number of hydrogen-bond acceptors (Lipinski definition) is 3. The number of aromatic nitrogens is 1. The molecule has 2 N–H and O–H groups in total. The van der Waals surface area contributed by atoms with E-state index in [2.05, 4.69) is 10.3 Å². The molecular formula is C13H10F2N2O2. The van der Waals surface area contributed by atoms with Gasteiger partial charge < -0.3 is 10.4 Å². The summed E-state index contributed by atoms with van der Waals surface area (Å²) in [5, 5.41) is 11.3. The van der Waals surface area contributed by atoms with Gasteiger partial charge in [-0.25, -0.2) is 18.6 Å². The van der Waals surface area contributed by atoms with Crippen LogP contribution in [0.5, 0.6) is 0 Å². The lowest BCUT2D eigenvalue weighted by Gasteiger charge is -2.08. The minimum atomic E-state index is -1.20. The Morgan fingerprint density at radius 2 is 2.00 bits per heavy atom. The predicted octanol–water partition coefficient (Wildman–Crippen LogP) is 3.11. The van der Waals surface area contributed by atoms with Gasteiger partial charge in [0.05, 0.1) is 5.69 Å². The van der Waals surface area contributed by atoms with Crippen molar-refractivity contribution in [2.24, 2.45) is 0 Å². The first-order valence-corrected chi connectivity index (χ1v) is 5.40. The SMILES string of the molecule is Cc1cc(F)c(Nc2cccc(C(=O)O)n2)cc1F. The molecule has 0 radical (unpaired) electrons. The third kappa shape index (κ3) is 2.85. The van der Waals surface area contributed by atoms with Gasteiger partial charge in [-0.05, 0) is 30.7 Å². The molecule has 0 saturated carbocycles. The molecule has 0 fully saturated rings. The second-order valence-corrected chi connectivity index (χ2v) is 3.92. The number of nitrogens with zero attached hydrogens (tertiary/aromatic N) is 1. The van der Waals surface area contributed by atoms with Gasteiger partial charge in [-0.2, -0.15) is 0 Å². The van der Waals surface area contributed by atoms with E-state index in [-0.39, 0.29) is 22.8 Å². The highest BCUT2D eigenvalue weighted by Gasteiger charge is 2.09. The molecule has 19 heavy (non-hydrogen) atoms. The molecule has 98 valence electrons. The van der Waals surface area contributed by atoms with E-state index in [1.54, 1.807) is 0 Å². The first kappa shape index (κ1) is 12.9. The van der Waals surface area contributed by atoms with Crippen LogP contribution >= 0.6 is 0 Å². The lowest BCUT2D eigenvalue weighted by molar-refractivity contribution is 0.0690. The fourth-order valence-corrected chi connectivity index (χ4v) is 1.50. The smallest absolute Gasteiger partial charge is 0.354 e. The molecule has 1 aromatic carbocycles. The summed E-state index contributed by atoms with van der Waals surface area (Å²) in [5.74, 6) is -2.26. The van der Waals surface area contributed by atoms with Crippen molar-refractivity contribution in [1.29, 1.82) is 0 Å². The third-order valence-corrected chi connectivity index (χ3v) is 2.48. The van der Waals surface area contributed by atoms with Crippen LogP contribution in [0.2, 0.25) is 0 Å². The van der Waals surface area contributed by atoms with E-state index in [0.717, 1.165) is 12.1 Å². The van der Waals surface area contributed by atoms with Crippen LogP contribution in [0.3, 0.4) is 0 Å². The Bertz CT molecular complexity index is 645. The molecule has 0 unspecified atom stereocenters. The molecule has 0 saturated heterocycles. The maximum absolute atomic E-state index is 13.6. The summed E-state index contributed by atoms with van der Waals surface area (Å²) >= 11 is 0. The first-order chi connectivity index (χ1) is 8.97. The Kier molecular flexibility index (Phi) is 3.41. The third-order valence-electron chi connectivity index (χ3n) is 2.48. The number of aryl methyl sites for hydroxylation is 1. The number of hydrogen-bond donors (Lipinski definition) is 2. The summed E-state index contributed by atoms with van der Waals surface area (Å²) in [5.41, 5.74) is -0.0913. The van der Waals surface area contributed by atoms with Gasteiger partial charge in [0.25, 0.3) is 0 Å². The number of anilines is 2. The lowest BCUT2D eigenvalue weighted by atomic mass is 10.2. The van der Waals surface area contributed by atoms with Crippen LogP contribution in [-0.4, -0.2) is 16.1 Å². The van der Waals surface area contributed by atoms with Crippen LogP contribution in [0.4, 0.5) is 20.3 Å². The minimum absolute atomic E-state index is 0.0989. The largest absolute Gasteiger partial charge is 0.477 e. The Morgan fingerprint density at radius 3 is 2.68 bits per heavy atom. The lowest BCUT2D eigenvalue weighted by Crippen LogP contribution is -2.03. The monoisotopic (exact) mass is 264 g/mol. The van der Waals surface area contributed by atoms with Crippen LogP contribution in [0.1, 0.15) is 16.1 Å². The maximum Gasteiger partial charge on any atom is 0.354 e. The molecule has 2 aromatic rings. The van der Waals surface area contributed by atoms with E-state index in [1.165, 1.54) is 25.1 Å². The molecule has 0 amide bonds. The Balaban J connectivity index is 2.33. The number of pyridine rings is 1. The molecule has 0 aliphatic rings. The van der Waals surface area contributed by atoms with Crippen molar-refractivity contribution in [3.05, 3.63) is 53.2 Å². The molecular weight excluding hydrogens is 254 g/mol. The zero-order chi connectivity index (χ0) is 14.0. The van der Waals surface area contributed by atoms with E-state index >= 15 is 0 Å². The van der Waals surface area contributed by atoms with Crippen molar-refractivity contribution in [3.8, 4) is 0 Å². The van der Waals surface area contributed by atoms with Gasteiger partial charge in [-0.15, -0.1) is 0 Å². The molecule has 1 heterocycles. The zero-order valence-corrected chi connectivity index (χ0v) is 9.95. The van der Waals surface area contributed by atoms with Crippen molar-refractivity contribution >= 4 is 17.5 Å². The van der Waals surface area contributed by atoms with E-state index < -0.39 is 17.6 Å². The summed E-state index contributed by atoms with van der Waals surface area (Å²) in [6.45, 7) is 1.45.